The van der Waals surface area contributed by atoms with Crippen LogP contribution in [0.1, 0.15) is 5.69 Å². The molecule has 0 aliphatic heterocycles. The monoisotopic (exact) mass is 261 g/mol. The number of aliphatic hydroxyl groups is 1. The van der Waals surface area contributed by atoms with Crippen molar-refractivity contribution in [1.82, 2.24) is 9.97 Å². The largest absolute Gasteiger partial charge is 0.493 e. The van der Waals surface area contributed by atoms with E-state index >= 15 is 0 Å². The van der Waals surface area contributed by atoms with Crippen LogP contribution in [0.3, 0.4) is 0 Å². The number of rotatable bonds is 5. The minimum absolute atomic E-state index is 0.0429. The molecule has 19 heavy (non-hydrogen) atoms. The number of para-hydroxylation sites is 2. The molecular formula is C13H15N3O3. The van der Waals surface area contributed by atoms with Crippen molar-refractivity contribution in [1.29, 1.82) is 0 Å². The number of aromatic nitrogens is 2. The lowest BCUT2D eigenvalue weighted by atomic mass is 10.2. The number of aliphatic hydroxyl groups excluding tert-OH is 1. The first kappa shape index (κ1) is 13.1. The molecule has 0 radical (unpaired) electrons. The van der Waals surface area contributed by atoms with Crippen molar-refractivity contribution in [2.45, 2.75) is 6.42 Å². The lowest BCUT2D eigenvalue weighted by molar-refractivity contribution is 0.295. The molecule has 1 aromatic carbocycles. The highest BCUT2D eigenvalue weighted by atomic mass is 16.5. The zero-order chi connectivity index (χ0) is 13.7. The summed E-state index contributed by atoms with van der Waals surface area (Å²) in [5.74, 6) is 1.68. The molecule has 100 valence electrons. The smallest absolute Gasteiger partial charge is 0.191 e. The zero-order valence-corrected chi connectivity index (χ0v) is 10.5. The molecule has 0 saturated carbocycles. The van der Waals surface area contributed by atoms with Gasteiger partial charge in [0.05, 0.1) is 12.8 Å². The van der Waals surface area contributed by atoms with Crippen molar-refractivity contribution >= 4 is 5.82 Å². The molecule has 0 aliphatic rings. The maximum absolute atomic E-state index is 9.02. The van der Waals surface area contributed by atoms with Gasteiger partial charge in [0.1, 0.15) is 6.33 Å². The average molecular weight is 261 g/mol. The van der Waals surface area contributed by atoms with Crippen LogP contribution < -0.4 is 15.2 Å². The fourth-order valence-corrected chi connectivity index (χ4v) is 1.63. The maximum atomic E-state index is 9.02. The van der Waals surface area contributed by atoms with Gasteiger partial charge < -0.3 is 20.3 Å². The Hall–Kier alpha value is -2.34. The van der Waals surface area contributed by atoms with Crippen LogP contribution in [-0.2, 0) is 6.42 Å². The van der Waals surface area contributed by atoms with Gasteiger partial charge in [-0.15, -0.1) is 0 Å². The van der Waals surface area contributed by atoms with Crippen LogP contribution >= 0.6 is 0 Å². The Bertz CT molecular complexity index is 561. The molecule has 0 aliphatic carbocycles. The summed E-state index contributed by atoms with van der Waals surface area (Å²) in [6, 6.07) is 7.20. The predicted octanol–water partition coefficient (Wildman–Crippen LogP) is 1.39. The summed E-state index contributed by atoms with van der Waals surface area (Å²) >= 11 is 0. The van der Waals surface area contributed by atoms with Crippen LogP contribution in [0.5, 0.6) is 17.2 Å². The van der Waals surface area contributed by atoms with Gasteiger partial charge in [-0.3, -0.25) is 0 Å². The number of methoxy groups -OCH3 is 1. The van der Waals surface area contributed by atoms with E-state index in [1.807, 2.05) is 12.1 Å². The van der Waals surface area contributed by atoms with Crippen molar-refractivity contribution in [3.8, 4) is 17.2 Å². The highest BCUT2D eigenvalue weighted by Crippen LogP contribution is 2.34. The number of nitrogens with two attached hydrogens (primary N) is 1. The van der Waals surface area contributed by atoms with Crippen LogP contribution in [0.15, 0.2) is 30.6 Å². The molecule has 0 unspecified atom stereocenters. The van der Waals surface area contributed by atoms with Gasteiger partial charge in [0, 0.05) is 13.0 Å². The summed E-state index contributed by atoms with van der Waals surface area (Å²) in [6.07, 6.45) is 1.69. The van der Waals surface area contributed by atoms with Crippen LogP contribution in [0.4, 0.5) is 5.82 Å². The van der Waals surface area contributed by atoms with Gasteiger partial charge in [0.25, 0.3) is 0 Å². The molecule has 2 rings (SSSR count). The van der Waals surface area contributed by atoms with Crippen molar-refractivity contribution in [2.75, 3.05) is 19.5 Å². The predicted molar refractivity (Wildman–Crippen MR) is 70.3 cm³/mol. The molecular weight excluding hydrogens is 246 g/mol. The molecule has 1 heterocycles. The fourth-order valence-electron chi connectivity index (χ4n) is 1.63. The molecule has 0 saturated heterocycles. The minimum atomic E-state index is -0.0429. The zero-order valence-electron chi connectivity index (χ0n) is 10.5. The van der Waals surface area contributed by atoms with E-state index in [9.17, 15) is 0 Å². The molecule has 2 aromatic rings. The minimum Gasteiger partial charge on any atom is -0.493 e. The molecule has 1 aromatic heterocycles. The standard InChI is InChI=1S/C13H15N3O3/c1-18-10-4-2-3-5-11(10)19-12-9(6-7-17)15-8-16-13(12)14/h2-5,8,17H,6-7H2,1H3,(H2,14,15,16). The second-order valence-electron chi connectivity index (χ2n) is 3.76. The normalized spacial score (nSPS) is 10.2. The second kappa shape index (κ2) is 6.01. The van der Waals surface area contributed by atoms with Gasteiger partial charge in [-0.25, -0.2) is 9.97 Å². The first-order chi connectivity index (χ1) is 9.26. The number of hydrogen-bond acceptors (Lipinski definition) is 6. The van der Waals surface area contributed by atoms with E-state index in [4.69, 9.17) is 20.3 Å². The molecule has 0 atom stereocenters. The van der Waals surface area contributed by atoms with Gasteiger partial charge in [-0.1, -0.05) is 12.1 Å². The molecule has 3 N–H and O–H groups in total. The molecule has 6 heteroatoms. The Balaban J connectivity index is 2.37. The lowest BCUT2D eigenvalue weighted by Gasteiger charge is -2.13. The summed E-state index contributed by atoms with van der Waals surface area (Å²) in [5.41, 5.74) is 6.35. The van der Waals surface area contributed by atoms with Gasteiger partial charge in [-0.05, 0) is 12.1 Å². The van der Waals surface area contributed by atoms with Gasteiger partial charge in [-0.2, -0.15) is 0 Å². The number of benzene rings is 1. The van der Waals surface area contributed by atoms with Crippen molar-refractivity contribution in [3.63, 3.8) is 0 Å². The summed E-state index contributed by atoms with van der Waals surface area (Å²) in [5, 5.41) is 9.02. The highest BCUT2D eigenvalue weighted by Gasteiger charge is 2.13. The van der Waals surface area contributed by atoms with E-state index in [0.29, 0.717) is 29.4 Å². The SMILES string of the molecule is COc1ccccc1Oc1c(N)ncnc1CCO. The Morgan fingerprint density at radius 1 is 1.21 bits per heavy atom. The Labute approximate surface area is 110 Å². The first-order valence-corrected chi connectivity index (χ1v) is 5.77. The van der Waals surface area contributed by atoms with Gasteiger partial charge >= 0.3 is 0 Å². The number of nitrogens with zero attached hydrogens (tertiary/aromatic N) is 2. The maximum Gasteiger partial charge on any atom is 0.191 e. The third kappa shape index (κ3) is 2.92. The first-order valence-electron chi connectivity index (χ1n) is 5.77. The second-order valence-corrected chi connectivity index (χ2v) is 3.76. The molecule has 0 fully saturated rings. The summed E-state index contributed by atoms with van der Waals surface area (Å²) in [7, 11) is 1.56. The van der Waals surface area contributed by atoms with Crippen molar-refractivity contribution < 1.29 is 14.6 Å². The third-order valence-corrected chi connectivity index (χ3v) is 2.53. The lowest BCUT2D eigenvalue weighted by Crippen LogP contribution is -2.04. The van der Waals surface area contributed by atoms with E-state index < -0.39 is 0 Å². The van der Waals surface area contributed by atoms with Crippen LogP contribution in [0.25, 0.3) is 0 Å². The quantitative estimate of drug-likeness (QED) is 0.845. The van der Waals surface area contributed by atoms with E-state index in [0.717, 1.165) is 0 Å². The van der Waals surface area contributed by atoms with Crippen molar-refractivity contribution in [3.05, 3.63) is 36.3 Å². The van der Waals surface area contributed by atoms with E-state index in [-0.39, 0.29) is 12.4 Å². The summed E-state index contributed by atoms with van der Waals surface area (Å²) < 4.78 is 10.9. The topological polar surface area (TPSA) is 90.5 Å². The number of nitrogen functional groups attached to an aromatic ring is 1. The number of hydrogen-bond donors (Lipinski definition) is 2. The summed E-state index contributed by atoms with van der Waals surface area (Å²) in [4.78, 5) is 7.96. The Morgan fingerprint density at radius 3 is 2.63 bits per heavy atom. The summed E-state index contributed by atoms with van der Waals surface area (Å²) in [6.45, 7) is -0.0429. The van der Waals surface area contributed by atoms with E-state index in [1.165, 1.54) is 6.33 Å². The highest BCUT2D eigenvalue weighted by molar-refractivity contribution is 5.52. The molecule has 0 amide bonds. The van der Waals surface area contributed by atoms with Crippen molar-refractivity contribution in [2.24, 2.45) is 0 Å². The Kier molecular flexibility index (Phi) is 4.15. The van der Waals surface area contributed by atoms with E-state index in [2.05, 4.69) is 9.97 Å². The number of anilines is 1. The van der Waals surface area contributed by atoms with Crippen LogP contribution in [-0.4, -0.2) is 28.8 Å². The molecule has 0 spiro atoms. The van der Waals surface area contributed by atoms with Crippen LogP contribution in [0.2, 0.25) is 0 Å². The van der Waals surface area contributed by atoms with E-state index in [1.54, 1.807) is 19.2 Å². The number of ether oxygens (including phenoxy) is 2. The molecule has 6 nitrogen and oxygen atoms in total. The molecule has 0 bridgehead atoms. The fraction of sp³-hybridized carbons (Fsp3) is 0.231. The average Bonchev–Trinajstić information content (AvgIpc) is 2.43. The van der Waals surface area contributed by atoms with Crippen LogP contribution in [0, 0.1) is 0 Å². The van der Waals surface area contributed by atoms with Gasteiger partial charge in [0.15, 0.2) is 23.1 Å². The third-order valence-electron chi connectivity index (χ3n) is 2.53. The van der Waals surface area contributed by atoms with Gasteiger partial charge in [0.2, 0.25) is 0 Å². The Morgan fingerprint density at radius 2 is 1.95 bits per heavy atom.